The van der Waals surface area contributed by atoms with E-state index >= 15 is 0 Å². The van der Waals surface area contributed by atoms with Crippen molar-refractivity contribution in [1.82, 2.24) is 5.32 Å². The Hall–Kier alpha value is -2.04. The molecule has 0 bridgehead atoms. The molecule has 2 rings (SSSR count). The number of hydrogen-bond acceptors (Lipinski definition) is 3. The van der Waals surface area contributed by atoms with Gasteiger partial charge < -0.3 is 15.2 Å². The number of nitrogens with one attached hydrogen (secondary N) is 1. The molecule has 1 aliphatic carbocycles. The Bertz CT molecular complexity index is 541. The smallest absolute Gasteiger partial charge is 0.306 e. The number of hydrogen-bond donors (Lipinski definition) is 2. The summed E-state index contributed by atoms with van der Waals surface area (Å²) in [6.45, 7) is 3.90. The molecule has 0 unspecified atom stereocenters. The molecule has 1 saturated carbocycles. The van der Waals surface area contributed by atoms with E-state index in [2.05, 4.69) is 5.32 Å². The molecular weight excluding hydrogens is 270 g/mol. The number of carboxylic acids is 1. The molecule has 0 heterocycles. The van der Waals surface area contributed by atoms with E-state index in [1.165, 1.54) is 0 Å². The summed E-state index contributed by atoms with van der Waals surface area (Å²) in [5, 5.41) is 11.8. The molecule has 0 radical (unpaired) electrons. The molecule has 2 N–H and O–H groups in total. The van der Waals surface area contributed by atoms with Crippen LogP contribution >= 0.6 is 0 Å². The van der Waals surface area contributed by atoms with Crippen molar-refractivity contribution in [3.63, 3.8) is 0 Å². The Morgan fingerprint density at radius 3 is 2.71 bits per heavy atom. The van der Waals surface area contributed by atoms with Crippen LogP contribution in [-0.2, 0) is 9.59 Å². The van der Waals surface area contributed by atoms with Crippen molar-refractivity contribution in [2.75, 3.05) is 6.61 Å². The van der Waals surface area contributed by atoms with Crippen molar-refractivity contribution in [3.05, 3.63) is 29.3 Å². The standard InChI is InChI=1S/C16H21NO4/c1-10-3-6-14(11(2)7-10)21-9-15(18)17-13-5-4-12(8-13)16(19)20/h3,6-7,12-13H,4-5,8-9H2,1-2H3,(H,17,18)(H,19,20)/t12-,13+/m1/s1. The Morgan fingerprint density at radius 1 is 1.33 bits per heavy atom. The highest BCUT2D eigenvalue weighted by molar-refractivity contribution is 5.78. The van der Waals surface area contributed by atoms with Gasteiger partial charge in [0.25, 0.3) is 5.91 Å². The first-order valence-corrected chi connectivity index (χ1v) is 7.18. The molecule has 5 nitrogen and oxygen atoms in total. The first-order valence-electron chi connectivity index (χ1n) is 7.18. The van der Waals surface area contributed by atoms with Gasteiger partial charge in [0, 0.05) is 6.04 Å². The lowest BCUT2D eigenvalue weighted by atomic mass is 10.1. The van der Waals surface area contributed by atoms with E-state index in [-0.39, 0.29) is 24.5 Å². The molecule has 0 aromatic heterocycles. The zero-order valence-corrected chi connectivity index (χ0v) is 12.4. The summed E-state index contributed by atoms with van der Waals surface area (Å²) in [6, 6.07) is 5.74. The second-order valence-electron chi connectivity index (χ2n) is 5.67. The number of carbonyl (C=O) groups is 2. The summed E-state index contributed by atoms with van der Waals surface area (Å²) in [5.41, 5.74) is 2.14. The minimum atomic E-state index is -0.779. The van der Waals surface area contributed by atoms with Crippen LogP contribution in [0.15, 0.2) is 18.2 Å². The molecule has 5 heteroatoms. The van der Waals surface area contributed by atoms with E-state index in [0.717, 1.165) is 11.1 Å². The number of carbonyl (C=O) groups excluding carboxylic acids is 1. The van der Waals surface area contributed by atoms with E-state index in [4.69, 9.17) is 9.84 Å². The minimum absolute atomic E-state index is 0.0435. The third kappa shape index (κ3) is 4.21. The fourth-order valence-electron chi connectivity index (χ4n) is 2.71. The van der Waals surface area contributed by atoms with Gasteiger partial charge in [0.05, 0.1) is 5.92 Å². The van der Waals surface area contributed by atoms with Crippen molar-refractivity contribution in [1.29, 1.82) is 0 Å². The van der Waals surface area contributed by atoms with Gasteiger partial charge in [-0.2, -0.15) is 0 Å². The Balaban J connectivity index is 1.79. The monoisotopic (exact) mass is 291 g/mol. The van der Waals surface area contributed by atoms with Gasteiger partial charge in [0.1, 0.15) is 5.75 Å². The number of aliphatic carboxylic acids is 1. The van der Waals surface area contributed by atoms with Crippen molar-refractivity contribution in [2.45, 2.75) is 39.2 Å². The van der Waals surface area contributed by atoms with Crippen LogP contribution in [0.3, 0.4) is 0 Å². The van der Waals surface area contributed by atoms with E-state index in [1.54, 1.807) is 0 Å². The normalized spacial score (nSPS) is 21.0. The lowest BCUT2D eigenvalue weighted by Gasteiger charge is -2.14. The first-order chi connectivity index (χ1) is 9.95. The predicted octanol–water partition coefficient (Wildman–Crippen LogP) is 2.05. The SMILES string of the molecule is Cc1ccc(OCC(=O)N[C@H]2CC[C@@H](C(=O)O)C2)c(C)c1. The van der Waals surface area contributed by atoms with Crippen molar-refractivity contribution in [3.8, 4) is 5.75 Å². The van der Waals surface area contributed by atoms with Gasteiger partial charge in [-0.15, -0.1) is 0 Å². The number of carboxylic acid groups (broad SMARTS) is 1. The maximum atomic E-state index is 11.8. The number of aryl methyl sites for hydroxylation is 2. The summed E-state index contributed by atoms with van der Waals surface area (Å²) in [7, 11) is 0. The van der Waals surface area contributed by atoms with Gasteiger partial charge in [-0.3, -0.25) is 9.59 Å². The molecule has 114 valence electrons. The zero-order valence-electron chi connectivity index (χ0n) is 12.4. The largest absolute Gasteiger partial charge is 0.484 e. The fraction of sp³-hybridized carbons (Fsp3) is 0.500. The maximum absolute atomic E-state index is 11.8. The van der Waals surface area contributed by atoms with E-state index in [1.807, 2.05) is 32.0 Å². The fourth-order valence-corrected chi connectivity index (χ4v) is 2.71. The van der Waals surface area contributed by atoms with Crippen molar-refractivity contribution in [2.24, 2.45) is 5.92 Å². The Kier molecular flexibility index (Phi) is 4.83. The molecule has 2 atom stereocenters. The molecular formula is C16H21NO4. The molecule has 1 aromatic carbocycles. The zero-order chi connectivity index (χ0) is 15.4. The lowest BCUT2D eigenvalue weighted by molar-refractivity contribution is -0.141. The second-order valence-corrected chi connectivity index (χ2v) is 5.67. The van der Waals surface area contributed by atoms with Gasteiger partial charge in [-0.25, -0.2) is 0 Å². The van der Waals surface area contributed by atoms with Crippen LogP contribution in [0.2, 0.25) is 0 Å². The van der Waals surface area contributed by atoms with Crippen LogP contribution in [0.5, 0.6) is 5.75 Å². The van der Waals surface area contributed by atoms with Gasteiger partial charge in [-0.1, -0.05) is 17.7 Å². The molecule has 0 aliphatic heterocycles. The van der Waals surface area contributed by atoms with Gasteiger partial charge in [0.15, 0.2) is 6.61 Å². The molecule has 21 heavy (non-hydrogen) atoms. The molecule has 1 aliphatic rings. The number of rotatable bonds is 5. The van der Waals surface area contributed by atoms with Crippen LogP contribution in [0.1, 0.15) is 30.4 Å². The average molecular weight is 291 g/mol. The minimum Gasteiger partial charge on any atom is -0.484 e. The van der Waals surface area contributed by atoms with Crippen LogP contribution < -0.4 is 10.1 Å². The highest BCUT2D eigenvalue weighted by Gasteiger charge is 2.30. The van der Waals surface area contributed by atoms with Crippen LogP contribution in [-0.4, -0.2) is 29.6 Å². The topological polar surface area (TPSA) is 75.6 Å². The number of ether oxygens (including phenoxy) is 1. The van der Waals surface area contributed by atoms with Crippen LogP contribution in [0.25, 0.3) is 0 Å². The first kappa shape index (κ1) is 15.4. The molecule has 1 amide bonds. The Labute approximate surface area is 124 Å². The van der Waals surface area contributed by atoms with Crippen molar-refractivity contribution < 1.29 is 19.4 Å². The van der Waals surface area contributed by atoms with Gasteiger partial charge in [0.2, 0.25) is 0 Å². The number of benzene rings is 1. The maximum Gasteiger partial charge on any atom is 0.306 e. The molecule has 0 spiro atoms. The summed E-state index contributed by atoms with van der Waals surface area (Å²) in [5.74, 6) is -0.620. The summed E-state index contributed by atoms with van der Waals surface area (Å²) >= 11 is 0. The van der Waals surface area contributed by atoms with E-state index in [9.17, 15) is 9.59 Å². The second kappa shape index (κ2) is 6.61. The average Bonchev–Trinajstić information content (AvgIpc) is 2.86. The summed E-state index contributed by atoms with van der Waals surface area (Å²) < 4.78 is 5.51. The van der Waals surface area contributed by atoms with Gasteiger partial charge in [-0.05, 0) is 44.7 Å². The quantitative estimate of drug-likeness (QED) is 0.870. The summed E-state index contributed by atoms with van der Waals surface area (Å²) in [4.78, 5) is 22.7. The van der Waals surface area contributed by atoms with Gasteiger partial charge >= 0.3 is 5.97 Å². The van der Waals surface area contributed by atoms with E-state index < -0.39 is 5.97 Å². The molecule has 0 saturated heterocycles. The Morgan fingerprint density at radius 2 is 2.10 bits per heavy atom. The third-order valence-corrected chi connectivity index (χ3v) is 3.84. The molecule has 1 fully saturated rings. The van der Waals surface area contributed by atoms with Crippen LogP contribution in [0.4, 0.5) is 0 Å². The van der Waals surface area contributed by atoms with E-state index in [0.29, 0.717) is 25.0 Å². The van der Waals surface area contributed by atoms with Crippen molar-refractivity contribution >= 4 is 11.9 Å². The molecule has 1 aromatic rings. The number of amides is 1. The summed E-state index contributed by atoms with van der Waals surface area (Å²) in [6.07, 6.45) is 1.84. The predicted molar refractivity (Wildman–Crippen MR) is 78.3 cm³/mol. The third-order valence-electron chi connectivity index (χ3n) is 3.84. The highest BCUT2D eigenvalue weighted by atomic mass is 16.5. The lowest BCUT2D eigenvalue weighted by Crippen LogP contribution is -2.36. The highest BCUT2D eigenvalue weighted by Crippen LogP contribution is 2.25. The van der Waals surface area contributed by atoms with Crippen LogP contribution in [0, 0.1) is 19.8 Å².